The number of nitrogens with zero attached hydrogens (tertiary/aromatic N) is 4. The van der Waals surface area contributed by atoms with Crippen molar-refractivity contribution in [3.63, 3.8) is 0 Å². The van der Waals surface area contributed by atoms with Crippen molar-refractivity contribution < 1.29 is 4.74 Å². The molecule has 0 unspecified atom stereocenters. The second-order valence-corrected chi connectivity index (χ2v) is 5.00. The summed E-state index contributed by atoms with van der Waals surface area (Å²) in [6.45, 7) is 2.72. The van der Waals surface area contributed by atoms with Crippen LogP contribution in [0.3, 0.4) is 0 Å². The number of rotatable bonds is 4. The first kappa shape index (κ1) is 11.4. The van der Waals surface area contributed by atoms with E-state index < -0.39 is 0 Å². The Morgan fingerprint density at radius 3 is 2.78 bits per heavy atom. The van der Waals surface area contributed by atoms with Crippen LogP contribution in [0.25, 0.3) is 0 Å². The van der Waals surface area contributed by atoms with Crippen LogP contribution in [0.1, 0.15) is 25.0 Å². The van der Waals surface area contributed by atoms with Crippen molar-refractivity contribution >= 4 is 5.82 Å². The van der Waals surface area contributed by atoms with Crippen molar-refractivity contribution in [2.45, 2.75) is 25.3 Å². The minimum absolute atomic E-state index is 0.374. The van der Waals surface area contributed by atoms with Gasteiger partial charge < -0.3 is 9.64 Å². The second kappa shape index (κ2) is 4.91. The van der Waals surface area contributed by atoms with Crippen molar-refractivity contribution in [1.82, 2.24) is 10.2 Å². The lowest BCUT2D eigenvalue weighted by Crippen LogP contribution is -2.32. The molecule has 1 aromatic rings. The van der Waals surface area contributed by atoms with E-state index in [1.54, 1.807) is 6.07 Å². The number of aromatic nitrogens is 2. The standard InChI is InChI=1S/C13H16N4O/c14-7-11-1-4-13(16-15-11)17(12-2-3-12)8-10-5-6-18-9-10/h1,4,10,12H,2-3,5-6,8-9H2/t10-/m0/s1. The Kier molecular flexibility index (Phi) is 3.11. The van der Waals surface area contributed by atoms with Gasteiger partial charge in [-0.1, -0.05) is 0 Å². The fourth-order valence-electron chi connectivity index (χ4n) is 2.36. The average Bonchev–Trinajstić information content (AvgIpc) is 3.13. The van der Waals surface area contributed by atoms with Crippen LogP contribution in [0, 0.1) is 17.2 Å². The largest absolute Gasteiger partial charge is 0.381 e. The van der Waals surface area contributed by atoms with E-state index in [9.17, 15) is 0 Å². The number of hydrogen-bond acceptors (Lipinski definition) is 5. The number of hydrogen-bond donors (Lipinski definition) is 0. The van der Waals surface area contributed by atoms with Gasteiger partial charge in [0.05, 0.1) is 6.61 Å². The molecule has 2 aliphatic rings. The lowest BCUT2D eigenvalue weighted by Gasteiger charge is -2.25. The zero-order chi connectivity index (χ0) is 12.4. The van der Waals surface area contributed by atoms with E-state index in [0.29, 0.717) is 17.7 Å². The minimum atomic E-state index is 0.374. The van der Waals surface area contributed by atoms with Crippen molar-refractivity contribution in [3.8, 4) is 6.07 Å². The molecule has 2 fully saturated rings. The first-order valence-electron chi connectivity index (χ1n) is 6.45. The molecule has 18 heavy (non-hydrogen) atoms. The van der Waals surface area contributed by atoms with E-state index in [-0.39, 0.29) is 0 Å². The molecule has 1 aliphatic carbocycles. The van der Waals surface area contributed by atoms with E-state index in [1.807, 2.05) is 12.1 Å². The molecule has 0 amide bonds. The van der Waals surface area contributed by atoms with Crippen LogP contribution >= 0.6 is 0 Å². The van der Waals surface area contributed by atoms with Crippen molar-refractivity contribution in [3.05, 3.63) is 17.8 Å². The van der Waals surface area contributed by atoms with Crippen LogP contribution in [-0.4, -0.2) is 36.0 Å². The van der Waals surface area contributed by atoms with E-state index >= 15 is 0 Å². The van der Waals surface area contributed by atoms with Crippen LogP contribution in [-0.2, 0) is 4.74 Å². The summed E-state index contributed by atoms with van der Waals surface area (Å²) in [6, 6.07) is 6.24. The highest BCUT2D eigenvalue weighted by molar-refractivity contribution is 5.41. The summed E-state index contributed by atoms with van der Waals surface area (Å²) in [6.07, 6.45) is 3.59. The second-order valence-electron chi connectivity index (χ2n) is 5.00. The summed E-state index contributed by atoms with van der Waals surface area (Å²) in [5, 5.41) is 16.8. The summed E-state index contributed by atoms with van der Waals surface area (Å²) in [5.74, 6) is 1.49. The lowest BCUT2D eigenvalue weighted by molar-refractivity contribution is 0.186. The molecule has 0 bridgehead atoms. The van der Waals surface area contributed by atoms with Gasteiger partial charge >= 0.3 is 0 Å². The molecule has 1 aromatic heterocycles. The molecular formula is C13H16N4O. The van der Waals surface area contributed by atoms with Gasteiger partial charge in [-0.2, -0.15) is 5.26 Å². The molecule has 2 heterocycles. The summed E-state index contributed by atoms with van der Waals surface area (Å²) in [5.41, 5.74) is 0.374. The van der Waals surface area contributed by atoms with Gasteiger partial charge in [-0.25, -0.2) is 0 Å². The van der Waals surface area contributed by atoms with Gasteiger partial charge in [0.1, 0.15) is 6.07 Å². The molecule has 0 N–H and O–H groups in total. The molecule has 1 saturated carbocycles. The summed E-state index contributed by atoms with van der Waals surface area (Å²) < 4.78 is 5.42. The molecule has 1 aliphatic heterocycles. The van der Waals surface area contributed by atoms with Gasteiger partial charge in [0.15, 0.2) is 11.5 Å². The molecule has 0 spiro atoms. The van der Waals surface area contributed by atoms with E-state index in [4.69, 9.17) is 10.00 Å². The van der Waals surface area contributed by atoms with Crippen molar-refractivity contribution in [2.75, 3.05) is 24.7 Å². The number of ether oxygens (including phenoxy) is 1. The molecule has 1 saturated heterocycles. The highest BCUT2D eigenvalue weighted by Gasteiger charge is 2.32. The fraction of sp³-hybridized carbons (Fsp3) is 0.615. The highest BCUT2D eigenvalue weighted by atomic mass is 16.5. The Labute approximate surface area is 106 Å². The van der Waals surface area contributed by atoms with E-state index in [1.165, 1.54) is 12.8 Å². The first-order chi connectivity index (χ1) is 8.86. The van der Waals surface area contributed by atoms with Crippen molar-refractivity contribution in [2.24, 2.45) is 5.92 Å². The minimum Gasteiger partial charge on any atom is -0.381 e. The number of anilines is 1. The maximum absolute atomic E-state index is 8.74. The monoisotopic (exact) mass is 244 g/mol. The van der Waals surface area contributed by atoms with Crippen LogP contribution in [0.5, 0.6) is 0 Å². The predicted molar refractivity (Wildman–Crippen MR) is 66.0 cm³/mol. The van der Waals surface area contributed by atoms with Crippen LogP contribution in [0.4, 0.5) is 5.82 Å². The van der Waals surface area contributed by atoms with Gasteiger partial charge in [0, 0.05) is 25.1 Å². The van der Waals surface area contributed by atoms with Gasteiger partial charge in [0.25, 0.3) is 0 Å². The Balaban J connectivity index is 1.73. The molecule has 0 aromatic carbocycles. The van der Waals surface area contributed by atoms with E-state index in [0.717, 1.165) is 32.0 Å². The van der Waals surface area contributed by atoms with Crippen molar-refractivity contribution in [1.29, 1.82) is 5.26 Å². The third-order valence-corrected chi connectivity index (χ3v) is 3.53. The molecule has 94 valence electrons. The maximum Gasteiger partial charge on any atom is 0.163 e. The Bertz CT molecular complexity index is 443. The first-order valence-corrected chi connectivity index (χ1v) is 6.45. The van der Waals surface area contributed by atoms with Gasteiger partial charge in [-0.15, -0.1) is 10.2 Å². The molecule has 5 heteroatoms. The Morgan fingerprint density at radius 2 is 2.22 bits per heavy atom. The average molecular weight is 244 g/mol. The Hall–Kier alpha value is -1.67. The predicted octanol–water partition coefficient (Wildman–Crippen LogP) is 1.35. The molecule has 5 nitrogen and oxygen atoms in total. The number of nitriles is 1. The lowest BCUT2D eigenvalue weighted by atomic mass is 10.1. The Morgan fingerprint density at radius 1 is 1.33 bits per heavy atom. The van der Waals surface area contributed by atoms with Gasteiger partial charge in [-0.3, -0.25) is 0 Å². The topological polar surface area (TPSA) is 62.0 Å². The summed E-state index contributed by atoms with van der Waals surface area (Å²) in [7, 11) is 0. The zero-order valence-electron chi connectivity index (χ0n) is 10.2. The SMILES string of the molecule is N#Cc1ccc(N(C[C@@H]2CCOC2)C2CC2)nn1. The molecular weight excluding hydrogens is 228 g/mol. The normalized spacial score (nSPS) is 22.7. The smallest absolute Gasteiger partial charge is 0.163 e. The third-order valence-electron chi connectivity index (χ3n) is 3.53. The van der Waals surface area contributed by atoms with Crippen LogP contribution in [0.15, 0.2) is 12.1 Å². The zero-order valence-corrected chi connectivity index (χ0v) is 10.2. The fourth-order valence-corrected chi connectivity index (χ4v) is 2.36. The molecule has 0 radical (unpaired) electrons. The van der Waals surface area contributed by atoms with Crippen LogP contribution in [0.2, 0.25) is 0 Å². The summed E-state index contributed by atoms with van der Waals surface area (Å²) >= 11 is 0. The maximum atomic E-state index is 8.74. The summed E-state index contributed by atoms with van der Waals surface area (Å²) in [4.78, 5) is 2.33. The molecule has 1 atom stereocenters. The van der Waals surface area contributed by atoms with Gasteiger partial charge in [0.2, 0.25) is 0 Å². The van der Waals surface area contributed by atoms with E-state index in [2.05, 4.69) is 15.1 Å². The third kappa shape index (κ3) is 2.44. The van der Waals surface area contributed by atoms with Gasteiger partial charge in [-0.05, 0) is 31.4 Å². The van der Waals surface area contributed by atoms with Crippen LogP contribution < -0.4 is 4.90 Å². The quantitative estimate of drug-likeness (QED) is 0.800. The molecule has 3 rings (SSSR count). The highest BCUT2D eigenvalue weighted by Crippen LogP contribution is 2.32.